The van der Waals surface area contributed by atoms with E-state index in [0.717, 1.165) is 15.4 Å². The SMILES string of the molecule is O=C(COc1ccc(Br)cc1)N/N=C/c1cc2ccccc2[nH]c1=O. The maximum atomic E-state index is 12.0. The number of nitrogens with zero attached hydrogens (tertiary/aromatic N) is 1. The van der Waals surface area contributed by atoms with Gasteiger partial charge in [-0.25, -0.2) is 5.43 Å². The van der Waals surface area contributed by atoms with Crippen LogP contribution < -0.4 is 15.7 Å². The van der Waals surface area contributed by atoms with E-state index in [1.165, 1.54) is 6.21 Å². The highest BCUT2D eigenvalue weighted by atomic mass is 79.9. The van der Waals surface area contributed by atoms with Gasteiger partial charge in [-0.1, -0.05) is 34.1 Å². The lowest BCUT2D eigenvalue weighted by Gasteiger charge is -2.04. The first-order valence-corrected chi connectivity index (χ1v) is 8.23. The highest BCUT2D eigenvalue weighted by Gasteiger charge is 2.03. The highest BCUT2D eigenvalue weighted by molar-refractivity contribution is 9.10. The number of carbonyl (C=O) groups excluding carboxylic acids is 1. The van der Waals surface area contributed by atoms with E-state index in [1.807, 2.05) is 36.4 Å². The zero-order valence-electron chi connectivity index (χ0n) is 13.0. The number of para-hydroxylation sites is 1. The summed E-state index contributed by atoms with van der Waals surface area (Å²) in [5.41, 5.74) is 3.16. The number of amides is 1. The van der Waals surface area contributed by atoms with E-state index in [0.29, 0.717) is 11.3 Å². The van der Waals surface area contributed by atoms with Crippen molar-refractivity contribution in [2.45, 2.75) is 0 Å². The van der Waals surface area contributed by atoms with Crippen molar-refractivity contribution in [3.63, 3.8) is 0 Å². The van der Waals surface area contributed by atoms with Crippen LogP contribution in [0.15, 0.2) is 69.0 Å². The lowest BCUT2D eigenvalue weighted by molar-refractivity contribution is -0.123. The highest BCUT2D eigenvalue weighted by Crippen LogP contribution is 2.15. The van der Waals surface area contributed by atoms with Gasteiger partial charge in [0.1, 0.15) is 5.75 Å². The summed E-state index contributed by atoms with van der Waals surface area (Å²) in [6.07, 6.45) is 1.31. The third kappa shape index (κ3) is 4.54. The Morgan fingerprint density at radius 2 is 1.96 bits per heavy atom. The molecule has 0 radical (unpaired) electrons. The summed E-state index contributed by atoms with van der Waals surface area (Å²) in [4.78, 5) is 26.4. The molecule has 2 aromatic carbocycles. The molecule has 6 nitrogen and oxygen atoms in total. The molecule has 0 bridgehead atoms. The second-order valence-electron chi connectivity index (χ2n) is 5.18. The molecular formula is C18H14BrN3O3. The number of hydrazone groups is 1. The van der Waals surface area contributed by atoms with Gasteiger partial charge in [-0.3, -0.25) is 9.59 Å². The van der Waals surface area contributed by atoms with Crippen LogP contribution in [0.25, 0.3) is 10.9 Å². The minimum absolute atomic E-state index is 0.174. The number of hydrogen-bond donors (Lipinski definition) is 2. The number of rotatable bonds is 5. The zero-order valence-corrected chi connectivity index (χ0v) is 14.6. The molecule has 0 aliphatic carbocycles. The molecule has 0 saturated heterocycles. The van der Waals surface area contributed by atoms with Gasteiger partial charge in [0.05, 0.1) is 11.8 Å². The first kappa shape index (κ1) is 16.9. The summed E-state index contributed by atoms with van der Waals surface area (Å²) in [6.45, 7) is -0.174. The number of carbonyl (C=O) groups is 1. The molecule has 0 spiro atoms. The third-order valence-corrected chi connectivity index (χ3v) is 3.89. The Morgan fingerprint density at radius 3 is 2.76 bits per heavy atom. The summed E-state index contributed by atoms with van der Waals surface area (Å²) >= 11 is 3.32. The molecule has 2 N–H and O–H groups in total. The first-order chi connectivity index (χ1) is 12.1. The van der Waals surface area contributed by atoms with Gasteiger partial charge in [0.25, 0.3) is 11.5 Å². The maximum absolute atomic E-state index is 12.0. The van der Waals surface area contributed by atoms with Crippen LogP contribution in [-0.4, -0.2) is 23.7 Å². The Bertz CT molecular complexity index is 981. The summed E-state index contributed by atoms with van der Waals surface area (Å²) in [5.74, 6) is 0.157. The van der Waals surface area contributed by atoms with E-state index in [-0.39, 0.29) is 12.2 Å². The normalized spacial score (nSPS) is 10.9. The summed E-state index contributed by atoms with van der Waals surface area (Å²) < 4.78 is 6.26. The monoisotopic (exact) mass is 399 g/mol. The quantitative estimate of drug-likeness (QED) is 0.510. The Morgan fingerprint density at radius 1 is 1.20 bits per heavy atom. The number of H-pyrrole nitrogens is 1. The van der Waals surface area contributed by atoms with Gasteiger partial charge in [0, 0.05) is 9.99 Å². The lowest BCUT2D eigenvalue weighted by Crippen LogP contribution is -2.25. The molecule has 126 valence electrons. The molecule has 7 heteroatoms. The van der Waals surface area contributed by atoms with Crippen molar-refractivity contribution in [1.82, 2.24) is 10.4 Å². The average molecular weight is 400 g/mol. The van der Waals surface area contributed by atoms with Crippen molar-refractivity contribution in [2.24, 2.45) is 5.10 Å². The second kappa shape index (κ2) is 7.76. The van der Waals surface area contributed by atoms with Crippen molar-refractivity contribution < 1.29 is 9.53 Å². The van der Waals surface area contributed by atoms with E-state index >= 15 is 0 Å². The van der Waals surface area contributed by atoms with E-state index in [2.05, 4.69) is 31.4 Å². The van der Waals surface area contributed by atoms with Crippen molar-refractivity contribution >= 4 is 39.0 Å². The van der Waals surface area contributed by atoms with Gasteiger partial charge in [0.2, 0.25) is 0 Å². The Balaban J connectivity index is 1.59. The Labute approximate surface area is 151 Å². The molecule has 0 atom stereocenters. The summed E-state index contributed by atoms with van der Waals surface area (Å²) in [5, 5.41) is 4.69. The van der Waals surface area contributed by atoms with Gasteiger partial charge >= 0.3 is 0 Å². The number of aromatic nitrogens is 1. The fraction of sp³-hybridized carbons (Fsp3) is 0.0556. The predicted molar refractivity (Wildman–Crippen MR) is 99.9 cm³/mol. The van der Waals surface area contributed by atoms with Crippen LogP contribution in [0.2, 0.25) is 0 Å². The van der Waals surface area contributed by atoms with Crippen LogP contribution in [-0.2, 0) is 4.79 Å². The average Bonchev–Trinajstić information content (AvgIpc) is 2.61. The van der Waals surface area contributed by atoms with E-state index in [9.17, 15) is 9.59 Å². The van der Waals surface area contributed by atoms with E-state index in [4.69, 9.17) is 4.74 Å². The lowest BCUT2D eigenvalue weighted by atomic mass is 10.2. The molecule has 0 fully saturated rings. The molecule has 0 unspecified atom stereocenters. The topological polar surface area (TPSA) is 83.5 Å². The molecule has 1 heterocycles. The molecule has 1 aromatic heterocycles. The number of fused-ring (bicyclic) bond motifs is 1. The minimum atomic E-state index is -0.420. The van der Waals surface area contributed by atoms with Crippen molar-refractivity contribution in [3.8, 4) is 5.75 Å². The van der Waals surface area contributed by atoms with Crippen LogP contribution in [0.4, 0.5) is 0 Å². The van der Waals surface area contributed by atoms with Gasteiger partial charge in [-0.05, 0) is 41.8 Å². The van der Waals surface area contributed by atoms with Crippen LogP contribution >= 0.6 is 15.9 Å². The summed E-state index contributed by atoms with van der Waals surface area (Å²) in [7, 11) is 0. The van der Waals surface area contributed by atoms with Gasteiger partial charge < -0.3 is 9.72 Å². The van der Waals surface area contributed by atoms with Crippen LogP contribution in [0.3, 0.4) is 0 Å². The van der Waals surface area contributed by atoms with E-state index < -0.39 is 5.91 Å². The van der Waals surface area contributed by atoms with Crippen molar-refractivity contribution in [1.29, 1.82) is 0 Å². The number of pyridine rings is 1. The molecule has 25 heavy (non-hydrogen) atoms. The molecule has 3 rings (SSSR count). The molecule has 0 saturated carbocycles. The number of aromatic amines is 1. The van der Waals surface area contributed by atoms with Gasteiger partial charge in [0.15, 0.2) is 6.61 Å². The number of hydrogen-bond acceptors (Lipinski definition) is 4. The summed E-state index contributed by atoms with van der Waals surface area (Å²) in [6, 6.07) is 16.3. The van der Waals surface area contributed by atoms with Crippen LogP contribution in [0.1, 0.15) is 5.56 Å². The van der Waals surface area contributed by atoms with Crippen LogP contribution in [0.5, 0.6) is 5.75 Å². The molecule has 0 aliphatic heterocycles. The Kier molecular flexibility index (Phi) is 5.25. The van der Waals surface area contributed by atoms with Gasteiger partial charge in [-0.15, -0.1) is 0 Å². The molecular weight excluding hydrogens is 386 g/mol. The number of nitrogens with one attached hydrogen (secondary N) is 2. The van der Waals surface area contributed by atoms with Crippen molar-refractivity contribution in [2.75, 3.05) is 6.61 Å². The smallest absolute Gasteiger partial charge is 0.277 e. The second-order valence-corrected chi connectivity index (χ2v) is 6.09. The fourth-order valence-electron chi connectivity index (χ4n) is 2.15. The molecule has 1 amide bonds. The first-order valence-electron chi connectivity index (χ1n) is 7.44. The maximum Gasteiger partial charge on any atom is 0.277 e. The van der Waals surface area contributed by atoms with Crippen molar-refractivity contribution in [3.05, 3.63) is 75.0 Å². The number of benzene rings is 2. The number of ether oxygens (including phenoxy) is 1. The number of halogens is 1. The third-order valence-electron chi connectivity index (χ3n) is 3.36. The van der Waals surface area contributed by atoms with Crippen LogP contribution in [0, 0.1) is 0 Å². The van der Waals surface area contributed by atoms with Gasteiger partial charge in [-0.2, -0.15) is 5.10 Å². The minimum Gasteiger partial charge on any atom is -0.484 e. The van der Waals surface area contributed by atoms with E-state index in [1.54, 1.807) is 18.2 Å². The predicted octanol–water partition coefficient (Wildman–Crippen LogP) is 2.82. The molecule has 0 aliphatic rings. The zero-order chi connectivity index (χ0) is 17.6. The fourth-order valence-corrected chi connectivity index (χ4v) is 2.41. The molecule has 3 aromatic rings. The Hall–Kier alpha value is -2.93. The standard InChI is InChI=1S/C18H14BrN3O3/c19-14-5-7-15(8-6-14)25-11-17(23)22-20-10-13-9-12-3-1-2-4-16(12)21-18(13)24/h1-10H,11H2,(H,21,24)(H,22,23)/b20-10+. The largest absolute Gasteiger partial charge is 0.484 e.